The fourth-order valence-corrected chi connectivity index (χ4v) is 4.66. The molecule has 0 radical (unpaired) electrons. The van der Waals surface area contributed by atoms with Crippen LogP contribution in [-0.2, 0) is 9.53 Å². The standard InChI is InChI=1S/C21H22N4O3S2/c1-24(21(27)18-14-30-20(23-18)15-6-11-29-13-15)12-19(26)22-16-2-4-17(5-3-16)25-7-9-28-10-8-25/h2-6,11,13-14H,7-10,12H2,1H3,(H,22,26). The van der Waals surface area contributed by atoms with Crippen LogP contribution in [0.25, 0.3) is 10.6 Å². The van der Waals surface area contributed by atoms with Gasteiger partial charge in [-0.1, -0.05) is 0 Å². The van der Waals surface area contributed by atoms with Crippen LogP contribution in [0.2, 0.25) is 0 Å². The molecule has 1 aliphatic heterocycles. The molecule has 0 spiro atoms. The summed E-state index contributed by atoms with van der Waals surface area (Å²) < 4.78 is 5.37. The van der Waals surface area contributed by atoms with Crippen molar-refractivity contribution >= 4 is 45.9 Å². The lowest BCUT2D eigenvalue weighted by Crippen LogP contribution is -2.36. The number of carbonyl (C=O) groups excluding carboxylic acids is 2. The summed E-state index contributed by atoms with van der Waals surface area (Å²) in [6.07, 6.45) is 0. The Kier molecular flexibility index (Phi) is 6.41. The highest BCUT2D eigenvalue weighted by Crippen LogP contribution is 2.26. The number of nitrogens with zero attached hydrogens (tertiary/aromatic N) is 3. The van der Waals surface area contributed by atoms with Crippen molar-refractivity contribution in [1.29, 1.82) is 0 Å². The Morgan fingerprint density at radius 2 is 1.93 bits per heavy atom. The zero-order chi connectivity index (χ0) is 20.9. The monoisotopic (exact) mass is 442 g/mol. The predicted molar refractivity (Wildman–Crippen MR) is 120 cm³/mol. The van der Waals surface area contributed by atoms with Gasteiger partial charge < -0.3 is 19.9 Å². The van der Waals surface area contributed by atoms with Crippen LogP contribution in [0.15, 0.2) is 46.5 Å². The molecule has 3 aromatic rings. The molecule has 2 aromatic heterocycles. The third-order valence-corrected chi connectivity index (χ3v) is 6.32. The summed E-state index contributed by atoms with van der Waals surface area (Å²) in [5.41, 5.74) is 3.16. The van der Waals surface area contributed by atoms with Crippen molar-refractivity contribution in [2.24, 2.45) is 0 Å². The SMILES string of the molecule is CN(CC(=O)Nc1ccc(N2CCOCC2)cc1)C(=O)c1csc(-c2ccsc2)n1. The van der Waals surface area contributed by atoms with E-state index in [0.29, 0.717) is 11.4 Å². The number of morpholine rings is 1. The van der Waals surface area contributed by atoms with Crippen LogP contribution in [0.5, 0.6) is 0 Å². The summed E-state index contributed by atoms with van der Waals surface area (Å²) in [4.78, 5) is 33.0. The number of rotatable bonds is 6. The predicted octanol–water partition coefficient (Wildman–Crippen LogP) is 3.42. The summed E-state index contributed by atoms with van der Waals surface area (Å²) in [6.45, 7) is 3.14. The van der Waals surface area contributed by atoms with Gasteiger partial charge in [0, 0.05) is 47.8 Å². The second-order valence-electron chi connectivity index (χ2n) is 6.91. The van der Waals surface area contributed by atoms with Gasteiger partial charge in [0.2, 0.25) is 5.91 Å². The Balaban J connectivity index is 1.31. The maximum atomic E-state index is 12.6. The van der Waals surface area contributed by atoms with Crippen molar-refractivity contribution in [3.05, 3.63) is 52.2 Å². The summed E-state index contributed by atoms with van der Waals surface area (Å²) in [5, 5.41) is 9.35. The molecule has 0 unspecified atom stereocenters. The number of ether oxygens (including phenoxy) is 1. The van der Waals surface area contributed by atoms with E-state index in [2.05, 4.69) is 15.2 Å². The van der Waals surface area contributed by atoms with Gasteiger partial charge in [0.15, 0.2) is 0 Å². The van der Waals surface area contributed by atoms with E-state index >= 15 is 0 Å². The third-order valence-electron chi connectivity index (χ3n) is 4.75. The third kappa shape index (κ3) is 4.86. The van der Waals surface area contributed by atoms with Gasteiger partial charge >= 0.3 is 0 Å². The van der Waals surface area contributed by atoms with Crippen LogP contribution in [0, 0.1) is 0 Å². The summed E-state index contributed by atoms with van der Waals surface area (Å²) in [6, 6.07) is 9.68. The first-order chi connectivity index (χ1) is 14.6. The van der Waals surface area contributed by atoms with Crippen molar-refractivity contribution in [3.63, 3.8) is 0 Å². The number of hydrogen-bond acceptors (Lipinski definition) is 7. The molecule has 30 heavy (non-hydrogen) atoms. The highest BCUT2D eigenvalue weighted by Gasteiger charge is 2.19. The van der Waals surface area contributed by atoms with Gasteiger partial charge in [-0.2, -0.15) is 11.3 Å². The first-order valence-corrected chi connectivity index (χ1v) is 11.4. The number of amides is 2. The van der Waals surface area contributed by atoms with E-state index in [0.717, 1.165) is 42.6 Å². The normalized spacial score (nSPS) is 13.8. The Hall–Kier alpha value is -2.75. The van der Waals surface area contributed by atoms with Crippen molar-refractivity contribution in [3.8, 4) is 10.6 Å². The number of carbonyl (C=O) groups is 2. The number of anilines is 2. The van der Waals surface area contributed by atoms with E-state index in [9.17, 15) is 9.59 Å². The van der Waals surface area contributed by atoms with Crippen LogP contribution in [0.4, 0.5) is 11.4 Å². The van der Waals surface area contributed by atoms with Gasteiger partial charge in [0.25, 0.3) is 5.91 Å². The van der Waals surface area contributed by atoms with Crippen LogP contribution >= 0.6 is 22.7 Å². The van der Waals surface area contributed by atoms with E-state index in [1.165, 1.54) is 16.2 Å². The second kappa shape index (κ2) is 9.38. The molecule has 9 heteroatoms. The number of nitrogens with one attached hydrogen (secondary N) is 1. The summed E-state index contributed by atoms with van der Waals surface area (Å²) >= 11 is 3.01. The molecule has 1 aromatic carbocycles. The van der Waals surface area contributed by atoms with Gasteiger partial charge in [0.1, 0.15) is 10.7 Å². The fourth-order valence-electron chi connectivity index (χ4n) is 3.15. The average molecular weight is 443 g/mol. The molecule has 1 N–H and O–H groups in total. The minimum Gasteiger partial charge on any atom is -0.378 e. The maximum Gasteiger partial charge on any atom is 0.273 e. The zero-order valence-electron chi connectivity index (χ0n) is 16.5. The lowest BCUT2D eigenvalue weighted by atomic mass is 10.2. The van der Waals surface area contributed by atoms with Crippen LogP contribution < -0.4 is 10.2 Å². The second-order valence-corrected chi connectivity index (χ2v) is 8.54. The number of aromatic nitrogens is 1. The molecule has 1 fully saturated rings. The Labute approximate surface area is 182 Å². The molecule has 0 saturated carbocycles. The van der Waals surface area contributed by atoms with E-state index < -0.39 is 0 Å². The van der Waals surface area contributed by atoms with E-state index in [-0.39, 0.29) is 18.4 Å². The van der Waals surface area contributed by atoms with E-state index in [1.54, 1.807) is 23.8 Å². The molecule has 0 atom stereocenters. The number of hydrogen-bond donors (Lipinski definition) is 1. The summed E-state index contributed by atoms with van der Waals surface area (Å²) in [7, 11) is 1.60. The van der Waals surface area contributed by atoms with Crippen LogP contribution in [0.1, 0.15) is 10.5 Å². The number of benzene rings is 1. The van der Waals surface area contributed by atoms with Crippen molar-refractivity contribution in [1.82, 2.24) is 9.88 Å². The number of likely N-dealkylation sites (N-methyl/N-ethyl adjacent to an activating group) is 1. The average Bonchev–Trinajstić information content (AvgIpc) is 3.46. The van der Waals surface area contributed by atoms with E-state index in [4.69, 9.17) is 4.74 Å². The minimum atomic E-state index is -0.273. The van der Waals surface area contributed by atoms with Crippen molar-refractivity contribution in [2.45, 2.75) is 0 Å². The molecule has 3 heterocycles. The first kappa shape index (κ1) is 20.5. The lowest BCUT2D eigenvalue weighted by molar-refractivity contribution is -0.116. The number of thiazole rings is 1. The summed E-state index contributed by atoms with van der Waals surface area (Å²) in [5.74, 6) is -0.524. The molecule has 1 saturated heterocycles. The smallest absolute Gasteiger partial charge is 0.273 e. The number of thiophene rings is 1. The molecular formula is C21H22N4O3S2. The molecule has 1 aliphatic rings. The Morgan fingerprint density at radius 3 is 2.63 bits per heavy atom. The highest BCUT2D eigenvalue weighted by atomic mass is 32.1. The van der Waals surface area contributed by atoms with Crippen molar-refractivity contribution in [2.75, 3.05) is 50.1 Å². The highest BCUT2D eigenvalue weighted by molar-refractivity contribution is 7.14. The van der Waals surface area contributed by atoms with Crippen molar-refractivity contribution < 1.29 is 14.3 Å². The Bertz CT molecular complexity index is 996. The topological polar surface area (TPSA) is 74.8 Å². The largest absolute Gasteiger partial charge is 0.378 e. The molecule has 7 nitrogen and oxygen atoms in total. The molecule has 4 rings (SSSR count). The zero-order valence-corrected chi connectivity index (χ0v) is 18.2. The molecule has 0 aliphatic carbocycles. The van der Waals surface area contributed by atoms with E-state index in [1.807, 2.05) is 41.1 Å². The fraction of sp³-hybridized carbons (Fsp3) is 0.286. The lowest BCUT2D eigenvalue weighted by Gasteiger charge is -2.28. The van der Waals surface area contributed by atoms with Gasteiger partial charge in [0.05, 0.1) is 19.8 Å². The molecular weight excluding hydrogens is 420 g/mol. The van der Waals surface area contributed by atoms with Crippen LogP contribution in [0.3, 0.4) is 0 Å². The van der Waals surface area contributed by atoms with Gasteiger partial charge in [-0.15, -0.1) is 11.3 Å². The quantitative estimate of drug-likeness (QED) is 0.633. The Morgan fingerprint density at radius 1 is 1.17 bits per heavy atom. The first-order valence-electron chi connectivity index (χ1n) is 9.56. The van der Waals surface area contributed by atoms with Crippen LogP contribution in [-0.4, -0.2) is 61.6 Å². The molecule has 2 amide bonds. The molecule has 0 bridgehead atoms. The molecule has 156 valence electrons. The van der Waals surface area contributed by atoms with Gasteiger partial charge in [-0.25, -0.2) is 4.98 Å². The minimum absolute atomic E-state index is 0.0463. The van der Waals surface area contributed by atoms with Gasteiger partial charge in [-0.05, 0) is 35.7 Å². The van der Waals surface area contributed by atoms with Gasteiger partial charge in [-0.3, -0.25) is 9.59 Å². The maximum absolute atomic E-state index is 12.6.